The average molecular weight is 396 g/mol. The number of nitrogens with zero attached hydrogens (tertiary/aromatic N) is 2. The molecule has 0 radical (unpaired) electrons. The minimum Gasteiger partial charge on any atom is -0.360 e. The van der Waals surface area contributed by atoms with Crippen LogP contribution in [0.4, 0.5) is 0 Å². The predicted molar refractivity (Wildman–Crippen MR) is 109 cm³/mol. The highest BCUT2D eigenvalue weighted by Crippen LogP contribution is 2.32. The van der Waals surface area contributed by atoms with Gasteiger partial charge in [-0.05, 0) is 25.0 Å². The molecular weight excluding hydrogens is 368 g/mol. The second kappa shape index (κ2) is 8.37. The molecule has 0 spiro atoms. The van der Waals surface area contributed by atoms with Gasteiger partial charge in [-0.15, -0.1) is 0 Å². The van der Waals surface area contributed by atoms with Gasteiger partial charge in [0.1, 0.15) is 5.76 Å². The van der Waals surface area contributed by atoms with E-state index in [-0.39, 0.29) is 29.7 Å². The summed E-state index contributed by atoms with van der Waals surface area (Å²) in [6, 6.07) is 11.5. The van der Waals surface area contributed by atoms with E-state index in [4.69, 9.17) is 4.52 Å². The van der Waals surface area contributed by atoms with Crippen molar-refractivity contribution in [1.82, 2.24) is 20.7 Å². The van der Waals surface area contributed by atoms with E-state index in [1.165, 1.54) is 12.8 Å². The molecule has 2 heterocycles. The van der Waals surface area contributed by atoms with Crippen LogP contribution in [0.25, 0.3) is 0 Å². The van der Waals surface area contributed by atoms with E-state index >= 15 is 0 Å². The van der Waals surface area contributed by atoms with Gasteiger partial charge in [0.15, 0.2) is 5.69 Å². The minimum absolute atomic E-state index is 0.0293. The third-order valence-electron chi connectivity index (χ3n) is 5.74. The molecule has 154 valence electrons. The molecule has 1 aliphatic heterocycles. The molecule has 2 amide bonds. The Bertz CT molecular complexity index is 860. The van der Waals surface area contributed by atoms with Crippen molar-refractivity contribution in [3.05, 3.63) is 53.4 Å². The van der Waals surface area contributed by atoms with E-state index in [2.05, 4.69) is 20.7 Å². The second-order valence-electron chi connectivity index (χ2n) is 8.37. The zero-order chi connectivity index (χ0) is 20.4. The number of nitrogens with one attached hydrogen (secondary N) is 2. The third-order valence-corrected chi connectivity index (χ3v) is 5.74. The number of aromatic nitrogens is 1. The van der Waals surface area contributed by atoms with Gasteiger partial charge in [0.2, 0.25) is 0 Å². The van der Waals surface area contributed by atoms with E-state index in [1.54, 1.807) is 18.2 Å². The molecule has 1 saturated carbocycles. The monoisotopic (exact) mass is 396 g/mol. The van der Waals surface area contributed by atoms with Crippen LogP contribution in [0, 0.1) is 5.92 Å². The molecule has 2 fully saturated rings. The van der Waals surface area contributed by atoms with Crippen molar-refractivity contribution < 1.29 is 14.1 Å². The van der Waals surface area contributed by atoms with Gasteiger partial charge in [-0.25, -0.2) is 0 Å². The van der Waals surface area contributed by atoms with Gasteiger partial charge in [-0.2, -0.15) is 0 Å². The van der Waals surface area contributed by atoms with Crippen LogP contribution in [0.1, 0.15) is 59.2 Å². The van der Waals surface area contributed by atoms with E-state index in [0.717, 1.165) is 13.1 Å². The lowest BCUT2D eigenvalue weighted by Gasteiger charge is -2.19. The van der Waals surface area contributed by atoms with Crippen LogP contribution >= 0.6 is 0 Å². The molecule has 1 aromatic heterocycles. The fourth-order valence-electron chi connectivity index (χ4n) is 3.84. The first-order valence-corrected chi connectivity index (χ1v) is 10.4. The molecule has 29 heavy (non-hydrogen) atoms. The lowest BCUT2D eigenvalue weighted by molar-refractivity contribution is 0.0918. The lowest BCUT2D eigenvalue weighted by atomic mass is 10.0. The molecule has 2 aliphatic rings. The number of carbonyl (C=O) groups is 2. The molecule has 7 nitrogen and oxygen atoms in total. The summed E-state index contributed by atoms with van der Waals surface area (Å²) in [6.07, 6.45) is 2.43. The van der Waals surface area contributed by atoms with Gasteiger partial charge < -0.3 is 15.2 Å². The summed E-state index contributed by atoms with van der Waals surface area (Å²) in [5.74, 6) is 0.736. The van der Waals surface area contributed by atoms with Crippen LogP contribution in [0.5, 0.6) is 0 Å². The predicted octanol–water partition coefficient (Wildman–Crippen LogP) is 2.42. The number of likely N-dealkylation sites (tertiary alicyclic amines) is 1. The van der Waals surface area contributed by atoms with Crippen molar-refractivity contribution >= 4 is 11.8 Å². The number of hydrogen-bond donors (Lipinski definition) is 2. The first kappa shape index (κ1) is 19.6. The van der Waals surface area contributed by atoms with E-state index in [1.807, 2.05) is 32.0 Å². The maximum Gasteiger partial charge on any atom is 0.273 e. The summed E-state index contributed by atoms with van der Waals surface area (Å²) in [5.41, 5.74) is 0.958. The first-order chi connectivity index (χ1) is 14.0. The smallest absolute Gasteiger partial charge is 0.273 e. The molecular formula is C22H28N4O3. The largest absolute Gasteiger partial charge is 0.360 e. The zero-order valence-corrected chi connectivity index (χ0v) is 16.9. The molecule has 2 unspecified atom stereocenters. The fraction of sp³-hybridized carbons (Fsp3) is 0.500. The van der Waals surface area contributed by atoms with Crippen molar-refractivity contribution in [2.24, 2.45) is 5.92 Å². The Balaban J connectivity index is 1.39. The molecule has 2 aromatic rings. The van der Waals surface area contributed by atoms with Crippen molar-refractivity contribution in [2.45, 2.75) is 44.7 Å². The van der Waals surface area contributed by atoms with Gasteiger partial charge in [0.25, 0.3) is 11.8 Å². The Morgan fingerprint density at radius 1 is 1.17 bits per heavy atom. The van der Waals surface area contributed by atoms with Crippen LogP contribution in [0.3, 0.4) is 0 Å². The summed E-state index contributed by atoms with van der Waals surface area (Å²) in [5, 5.41) is 10.1. The van der Waals surface area contributed by atoms with E-state index in [0.29, 0.717) is 29.6 Å². The quantitative estimate of drug-likeness (QED) is 0.751. The van der Waals surface area contributed by atoms with Crippen molar-refractivity contribution in [1.29, 1.82) is 0 Å². The second-order valence-corrected chi connectivity index (χ2v) is 8.37. The van der Waals surface area contributed by atoms with Crippen LogP contribution < -0.4 is 10.6 Å². The van der Waals surface area contributed by atoms with E-state index < -0.39 is 0 Å². The average Bonchev–Trinajstić information content (AvgIpc) is 3.30. The SMILES string of the molecule is CC(C)c1cc(C(=O)NC2CN(C3CC3)CC2CNC(=O)c2ccccc2)no1. The molecule has 1 aromatic carbocycles. The van der Waals surface area contributed by atoms with Gasteiger partial charge in [-0.1, -0.05) is 37.2 Å². The van der Waals surface area contributed by atoms with Crippen LogP contribution in [-0.4, -0.2) is 53.6 Å². The Morgan fingerprint density at radius 3 is 2.59 bits per heavy atom. The topological polar surface area (TPSA) is 87.5 Å². The molecule has 0 bridgehead atoms. The summed E-state index contributed by atoms with van der Waals surface area (Å²) in [7, 11) is 0. The van der Waals surface area contributed by atoms with Gasteiger partial charge in [-0.3, -0.25) is 14.5 Å². The fourth-order valence-corrected chi connectivity index (χ4v) is 3.84. The number of hydrogen-bond acceptors (Lipinski definition) is 5. The van der Waals surface area contributed by atoms with Crippen LogP contribution in [0.15, 0.2) is 40.9 Å². The summed E-state index contributed by atoms with van der Waals surface area (Å²) < 4.78 is 5.26. The van der Waals surface area contributed by atoms with Crippen LogP contribution in [0.2, 0.25) is 0 Å². The Morgan fingerprint density at radius 2 is 1.93 bits per heavy atom. The van der Waals surface area contributed by atoms with Crippen molar-refractivity contribution in [2.75, 3.05) is 19.6 Å². The number of benzene rings is 1. The van der Waals surface area contributed by atoms with E-state index in [9.17, 15) is 9.59 Å². The molecule has 7 heteroatoms. The number of rotatable bonds is 7. The minimum atomic E-state index is -0.220. The van der Waals surface area contributed by atoms with Crippen molar-refractivity contribution in [3.63, 3.8) is 0 Å². The molecule has 2 atom stereocenters. The highest BCUT2D eigenvalue weighted by atomic mass is 16.5. The Labute approximate surface area is 170 Å². The van der Waals surface area contributed by atoms with Crippen molar-refractivity contribution in [3.8, 4) is 0 Å². The lowest BCUT2D eigenvalue weighted by Crippen LogP contribution is -2.44. The maximum atomic E-state index is 12.7. The van der Waals surface area contributed by atoms with Gasteiger partial charge in [0.05, 0.1) is 0 Å². The standard InChI is InChI=1S/C22H28N4O3/c1-14(2)20-10-18(25-29-20)22(28)24-19-13-26(17-8-9-17)12-16(19)11-23-21(27)15-6-4-3-5-7-15/h3-7,10,14,16-17,19H,8-9,11-13H2,1-2H3,(H,23,27)(H,24,28). The summed E-state index contributed by atoms with van der Waals surface area (Å²) in [6.45, 7) is 6.20. The normalized spacial score (nSPS) is 22.0. The molecule has 1 aliphatic carbocycles. The number of carbonyl (C=O) groups excluding carboxylic acids is 2. The maximum absolute atomic E-state index is 12.7. The highest BCUT2D eigenvalue weighted by Gasteiger charge is 2.40. The summed E-state index contributed by atoms with van der Waals surface area (Å²) in [4.78, 5) is 27.5. The van der Waals surface area contributed by atoms with Gasteiger partial charge in [0, 0.05) is 55.2 Å². The zero-order valence-electron chi connectivity index (χ0n) is 16.9. The molecule has 4 rings (SSSR count). The number of amides is 2. The Hall–Kier alpha value is -2.67. The molecule has 1 saturated heterocycles. The molecule has 2 N–H and O–H groups in total. The van der Waals surface area contributed by atoms with Gasteiger partial charge >= 0.3 is 0 Å². The van der Waals surface area contributed by atoms with Crippen LogP contribution in [-0.2, 0) is 0 Å². The Kier molecular flexibility index (Phi) is 5.67. The highest BCUT2D eigenvalue weighted by molar-refractivity contribution is 5.94. The summed E-state index contributed by atoms with van der Waals surface area (Å²) >= 11 is 0. The first-order valence-electron chi connectivity index (χ1n) is 10.4. The third kappa shape index (κ3) is 4.67.